The minimum absolute atomic E-state index is 0.00805. The molecule has 0 saturated heterocycles. The quantitative estimate of drug-likeness (QED) is 0.197. The fraction of sp³-hybridized carbons (Fsp3) is 0.438. The Balaban J connectivity index is 2.56. The van der Waals surface area contributed by atoms with Gasteiger partial charge in [-0.15, -0.1) is 0 Å². The van der Waals surface area contributed by atoms with Gasteiger partial charge in [-0.1, -0.05) is 12.1 Å². The van der Waals surface area contributed by atoms with E-state index in [0.717, 1.165) is 5.56 Å². The summed E-state index contributed by atoms with van der Waals surface area (Å²) in [6, 6.07) is 5.53. The van der Waals surface area contributed by atoms with Crippen molar-refractivity contribution in [2.75, 3.05) is 13.7 Å². The van der Waals surface area contributed by atoms with Crippen molar-refractivity contribution in [3.05, 3.63) is 29.8 Å². The van der Waals surface area contributed by atoms with Crippen LogP contribution in [0.3, 0.4) is 0 Å². The third-order valence-corrected chi connectivity index (χ3v) is 3.56. The van der Waals surface area contributed by atoms with Gasteiger partial charge in [-0.2, -0.15) is 0 Å². The van der Waals surface area contributed by atoms with E-state index < -0.39 is 23.9 Å². The molecule has 9 N–H and O–H groups in total. The SMILES string of the molecule is COc1ccc(CC(NC(=O)C(N)CCCN=C(N)N)C(N)=O)cc1. The monoisotopic (exact) mass is 350 g/mol. The van der Waals surface area contributed by atoms with Crippen LogP contribution in [0.1, 0.15) is 18.4 Å². The number of nitrogens with one attached hydrogen (secondary N) is 1. The average molecular weight is 350 g/mol. The number of primary amides is 1. The number of amides is 2. The van der Waals surface area contributed by atoms with Gasteiger partial charge in [0.25, 0.3) is 0 Å². The highest BCUT2D eigenvalue weighted by atomic mass is 16.5. The zero-order chi connectivity index (χ0) is 18.8. The number of carbonyl (C=O) groups is 2. The van der Waals surface area contributed by atoms with Crippen LogP contribution in [-0.4, -0.2) is 43.5 Å². The van der Waals surface area contributed by atoms with Gasteiger partial charge in [-0.25, -0.2) is 0 Å². The summed E-state index contributed by atoms with van der Waals surface area (Å²) in [6.07, 6.45) is 1.20. The summed E-state index contributed by atoms with van der Waals surface area (Å²) in [5.74, 6) is -0.378. The van der Waals surface area contributed by atoms with Gasteiger partial charge >= 0.3 is 0 Å². The van der Waals surface area contributed by atoms with Crippen LogP contribution in [0.4, 0.5) is 0 Å². The molecule has 1 aromatic carbocycles. The Morgan fingerprint density at radius 2 is 1.84 bits per heavy atom. The van der Waals surface area contributed by atoms with Crippen LogP contribution in [0.15, 0.2) is 29.3 Å². The lowest BCUT2D eigenvalue weighted by atomic mass is 10.0. The van der Waals surface area contributed by atoms with Crippen LogP contribution in [0.25, 0.3) is 0 Å². The molecule has 2 atom stereocenters. The maximum absolute atomic E-state index is 12.1. The Morgan fingerprint density at radius 1 is 1.20 bits per heavy atom. The lowest BCUT2D eigenvalue weighted by molar-refractivity contribution is -0.128. The molecule has 0 fully saturated rings. The highest BCUT2D eigenvalue weighted by molar-refractivity contribution is 5.89. The molecule has 0 heterocycles. The second-order valence-electron chi connectivity index (χ2n) is 5.57. The molecule has 2 amide bonds. The zero-order valence-electron chi connectivity index (χ0n) is 14.3. The molecule has 9 heteroatoms. The number of carbonyl (C=O) groups excluding carboxylic acids is 2. The van der Waals surface area contributed by atoms with Gasteiger partial charge in [0.15, 0.2) is 5.96 Å². The van der Waals surface area contributed by atoms with Gasteiger partial charge < -0.3 is 33.0 Å². The number of rotatable bonds is 10. The largest absolute Gasteiger partial charge is 0.497 e. The lowest BCUT2D eigenvalue weighted by Crippen LogP contribution is -2.51. The second-order valence-corrected chi connectivity index (χ2v) is 5.57. The summed E-state index contributed by atoms with van der Waals surface area (Å²) in [6.45, 7) is 0.383. The Kier molecular flexibility index (Phi) is 8.21. The lowest BCUT2D eigenvalue weighted by Gasteiger charge is -2.18. The van der Waals surface area contributed by atoms with E-state index in [1.54, 1.807) is 31.4 Å². The van der Waals surface area contributed by atoms with Crippen LogP contribution >= 0.6 is 0 Å². The third-order valence-electron chi connectivity index (χ3n) is 3.56. The van der Waals surface area contributed by atoms with Crippen LogP contribution < -0.4 is 33.0 Å². The van der Waals surface area contributed by atoms with Crippen LogP contribution in [-0.2, 0) is 16.0 Å². The van der Waals surface area contributed by atoms with Crippen molar-refractivity contribution in [1.29, 1.82) is 0 Å². The molecule has 0 aliphatic heterocycles. The average Bonchev–Trinajstić information content (AvgIpc) is 2.58. The fourth-order valence-electron chi connectivity index (χ4n) is 2.15. The van der Waals surface area contributed by atoms with E-state index in [-0.39, 0.29) is 12.4 Å². The van der Waals surface area contributed by atoms with Gasteiger partial charge in [-0.3, -0.25) is 14.6 Å². The molecular formula is C16H26N6O3. The zero-order valence-corrected chi connectivity index (χ0v) is 14.3. The van der Waals surface area contributed by atoms with Gasteiger partial charge in [0.2, 0.25) is 11.8 Å². The number of nitrogens with two attached hydrogens (primary N) is 4. The van der Waals surface area contributed by atoms with Crippen molar-refractivity contribution < 1.29 is 14.3 Å². The summed E-state index contributed by atoms with van der Waals surface area (Å²) in [5, 5.41) is 2.59. The van der Waals surface area contributed by atoms with E-state index in [1.807, 2.05) is 0 Å². The number of ether oxygens (including phenoxy) is 1. The summed E-state index contributed by atoms with van der Waals surface area (Å²) in [5.41, 5.74) is 22.5. The second kappa shape index (κ2) is 10.1. The molecular weight excluding hydrogens is 324 g/mol. The molecule has 2 unspecified atom stereocenters. The highest BCUT2D eigenvalue weighted by Gasteiger charge is 2.22. The van der Waals surface area contributed by atoms with Crippen molar-refractivity contribution in [1.82, 2.24) is 5.32 Å². The smallest absolute Gasteiger partial charge is 0.240 e. The van der Waals surface area contributed by atoms with E-state index in [9.17, 15) is 9.59 Å². The molecule has 0 aromatic heterocycles. The van der Waals surface area contributed by atoms with Crippen molar-refractivity contribution >= 4 is 17.8 Å². The van der Waals surface area contributed by atoms with Gasteiger partial charge in [0.1, 0.15) is 11.8 Å². The number of hydrogen-bond acceptors (Lipinski definition) is 5. The van der Waals surface area contributed by atoms with Gasteiger partial charge in [-0.05, 0) is 30.5 Å². The van der Waals surface area contributed by atoms with Crippen molar-refractivity contribution in [2.24, 2.45) is 27.9 Å². The predicted octanol–water partition coefficient (Wildman–Crippen LogP) is -1.41. The Labute approximate surface area is 146 Å². The molecule has 0 spiro atoms. The Morgan fingerprint density at radius 3 is 2.36 bits per heavy atom. The van der Waals surface area contributed by atoms with Gasteiger partial charge in [0.05, 0.1) is 13.2 Å². The first-order valence-electron chi connectivity index (χ1n) is 7.87. The number of guanidine groups is 1. The summed E-state index contributed by atoms with van der Waals surface area (Å²) in [4.78, 5) is 27.6. The number of benzene rings is 1. The highest BCUT2D eigenvalue weighted by Crippen LogP contribution is 2.12. The molecule has 138 valence electrons. The first-order valence-corrected chi connectivity index (χ1v) is 7.87. The third kappa shape index (κ3) is 7.53. The number of methoxy groups -OCH3 is 1. The normalized spacial score (nSPS) is 12.7. The van der Waals surface area contributed by atoms with E-state index >= 15 is 0 Å². The molecule has 9 nitrogen and oxygen atoms in total. The van der Waals surface area contributed by atoms with E-state index in [1.165, 1.54) is 0 Å². The molecule has 1 rings (SSSR count). The molecule has 0 aliphatic carbocycles. The van der Waals surface area contributed by atoms with Crippen LogP contribution in [0.5, 0.6) is 5.75 Å². The topological polar surface area (TPSA) is 172 Å². The number of aliphatic imine (C=N–C) groups is 1. The van der Waals surface area contributed by atoms with Gasteiger partial charge in [0, 0.05) is 13.0 Å². The number of hydrogen-bond donors (Lipinski definition) is 5. The Bertz CT molecular complexity index is 598. The standard InChI is InChI=1S/C16H26N6O3/c1-25-11-6-4-10(5-7-11)9-13(14(18)23)22-15(24)12(17)3-2-8-21-16(19)20/h4-7,12-13H,2-3,8-9,17H2,1H3,(H2,18,23)(H,22,24)(H4,19,20,21). The maximum Gasteiger partial charge on any atom is 0.240 e. The minimum atomic E-state index is -0.843. The molecule has 25 heavy (non-hydrogen) atoms. The molecule has 0 radical (unpaired) electrons. The van der Waals surface area contributed by atoms with E-state index in [2.05, 4.69) is 10.3 Å². The van der Waals surface area contributed by atoms with E-state index in [0.29, 0.717) is 25.1 Å². The molecule has 0 aliphatic rings. The molecule has 0 bridgehead atoms. The maximum atomic E-state index is 12.1. The molecule has 1 aromatic rings. The van der Waals surface area contributed by atoms with Crippen LogP contribution in [0, 0.1) is 0 Å². The Hall–Kier alpha value is -2.81. The van der Waals surface area contributed by atoms with Crippen molar-refractivity contribution in [3.63, 3.8) is 0 Å². The summed E-state index contributed by atoms with van der Waals surface area (Å²) < 4.78 is 5.08. The van der Waals surface area contributed by atoms with E-state index in [4.69, 9.17) is 27.7 Å². The molecule has 0 saturated carbocycles. The predicted molar refractivity (Wildman–Crippen MR) is 95.7 cm³/mol. The first kappa shape index (κ1) is 20.2. The first-order chi connectivity index (χ1) is 11.8. The van der Waals surface area contributed by atoms with Crippen molar-refractivity contribution in [2.45, 2.75) is 31.3 Å². The minimum Gasteiger partial charge on any atom is -0.497 e. The summed E-state index contributed by atoms with van der Waals surface area (Å²) in [7, 11) is 1.57. The van der Waals surface area contributed by atoms with Crippen molar-refractivity contribution in [3.8, 4) is 5.75 Å². The summed E-state index contributed by atoms with van der Waals surface area (Å²) >= 11 is 0. The van der Waals surface area contributed by atoms with Crippen LogP contribution in [0.2, 0.25) is 0 Å². The number of nitrogens with zero attached hydrogens (tertiary/aromatic N) is 1. The fourth-order valence-corrected chi connectivity index (χ4v) is 2.15.